The van der Waals surface area contributed by atoms with Crippen molar-refractivity contribution >= 4 is 17.7 Å². The zero-order chi connectivity index (χ0) is 19.4. The molecule has 0 aliphatic heterocycles. The first kappa shape index (κ1) is 18.7. The van der Waals surface area contributed by atoms with Crippen LogP contribution in [-0.2, 0) is 10.2 Å². The Kier molecular flexibility index (Phi) is 5.48. The van der Waals surface area contributed by atoms with Crippen LogP contribution in [0.2, 0.25) is 0 Å². The standard InChI is InChI=1S/C22H24N4OS/c1-17-8-5-6-11-19(17)26-16-24-25-21(26)28-14-20(27)23-15-22(12-7-13-22)18-9-3-2-4-10-18/h2-6,8-11,16H,7,12-15H2,1H3,(H,23,27). The lowest BCUT2D eigenvalue weighted by molar-refractivity contribution is -0.119. The topological polar surface area (TPSA) is 59.8 Å². The molecule has 1 N–H and O–H groups in total. The molecule has 0 radical (unpaired) electrons. The number of nitrogens with one attached hydrogen (secondary N) is 1. The van der Waals surface area contributed by atoms with Crippen LogP contribution in [-0.4, -0.2) is 33.0 Å². The lowest BCUT2D eigenvalue weighted by Gasteiger charge is -2.42. The number of rotatable bonds is 7. The highest BCUT2D eigenvalue weighted by Gasteiger charge is 2.38. The summed E-state index contributed by atoms with van der Waals surface area (Å²) in [6.07, 6.45) is 5.18. The number of carbonyl (C=O) groups is 1. The molecule has 4 rings (SSSR count). The van der Waals surface area contributed by atoms with Crippen molar-refractivity contribution in [3.8, 4) is 5.69 Å². The van der Waals surface area contributed by atoms with Gasteiger partial charge in [0.15, 0.2) is 5.16 Å². The zero-order valence-electron chi connectivity index (χ0n) is 16.0. The number of nitrogens with zero attached hydrogens (tertiary/aromatic N) is 3. The van der Waals surface area contributed by atoms with Crippen LogP contribution in [0.5, 0.6) is 0 Å². The molecule has 0 atom stereocenters. The second-order valence-corrected chi connectivity index (χ2v) is 8.28. The van der Waals surface area contributed by atoms with Crippen LogP contribution in [0.25, 0.3) is 5.69 Å². The van der Waals surface area contributed by atoms with Gasteiger partial charge in [0, 0.05) is 12.0 Å². The van der Waals surface area contributed by atoms with Gasteiger partial charge in [0.1, 0.15) is 6.33 Å². The Labute approximate surface area is 169 Å². The first-order valence-corrected chi connectivity index (χ1v) is 10.6. The first-order valence-electron chi connectivity index (χ1n) is 9.59. The van der Waals surface area contributed by atoms with Gasteiger partial charge in [-0.1, -0.05) is 66.7 Å². The fraction of sp³-hybridized carbons (Fsp3) is 0.318. The predicted molar refractivity (Wildman–Crippen MR) is 112 cm³/mol. The molecule has 144 valence electrons. The monoisotopic (exact) mass is 392 g/mol. The van der Waals surface area contributed by atoms with Crippen molar-refractivity contribution in [2.24, 2.45) is 0 Å². The predicted octanol–water partition coefficient (Wildman–Crippen LogP) is 3.91. The Morgan fingerprint density at radius 1 is 1.14 bits per heavy atom. The lowest BCUT2D eigenvalue weighted by Crippen LogP contribution is -2.46. The summed E-state index contributed by atoms with van der Waals surface area (Å²) in [4.78, 5) is 12.5. The summed E-state index contributed by atoms with van der Waals surface area (Å²) in [5.74, 6) is 0.363. The zero-order valence-corrected chi connectivity index (χ0v) is 16.8. The Hall–Kier alpha value is -2.60. The summed E-state index contributed by atoms with van der Waals surface area (Å²) in [5, 5.41) is 12.1. The SMILES string of the molecule is Cc1ccccc1-n1cnnc1SCC(=O)NCC1(c2ccccc2)CCC1. The summed E-state index contributed by atoms with van der Waals surface area (Å²) >= 11 is 1.41. The van der Waals surface area contributed by atoms with Gasteiger partial charge in [0.2, 0.25) is 5.91 Å². The van der Waals surface area contributed by atoms with E-state index >= 15 is 0 Å². The van der Waals surface area contributed by atoms with Crippen LogP contribution in [0, 0.1) is 6.92 Å². The smallest absolute Gasteiger partial charge is 0.230 e. The number of hydrogen-bond donors (Lipinski definition) is 1. The van der Waals surface area contributed by atoms with Gasteiger partial charge < -0.3 is 5.32 Å². The summed E-state index contributed by atoms with van der Waals surface area (Å²) in [7, 11) is 0. The third kappa shape index (κ3) is 3.83. The van der Waals surface area contributed by atoms with Crippen LogP contribution in [0.4, 0.5) is 0 Å². The van der Waals surface area contributed by atoms with E-state index in [1.807, 2.05) is 28.8 Å². The molecule has 2 aromatic carbocycles. The van der Waals surface area contributed by atoms with E-state index in [1.165, 1.54) is 23.7 Å². The van der Waals surface area contributed by atoms with Gasteiger partial charge in [0.25, 0.3) is 0 Å². The Morgan fingerprint density at radius 2 is 1.89 bits per heavy atom. The van der Waals surface area contributed by atoms with E-state index in [4.69, 9.17) is 0 Å². The molecular weight excluding hydrogens is 368 g/mol. The van der Waals surface area contributed by atoms with Gasteiger partial charge in [-0.25, -0.2) is 0 Å². The quantitative estimate of drug-likeness (QED) is 0.620. The number of hydrogen-bond acceptors (Lipinski definition) is 4. The molecule has 1 fully saturated rings. The van der Waals surface area contributed by atoms with Gasteiger partial charge in [-0.15, -0.1) is 10.2 Å². The minimum Gasteiger partial charge on any atom is -0.354 e. The van der Waals surface area contributed by atoms with Crippen molar-refractivity contribution in [2.75, 3.05) is 12.3 Å². The van der Waals surface area contributed by atoms with E-state index in [0.29, 0.717) is 12.3 Å². The van der Waals surface area contributed by atoms with Gasteiger partial charge in [-0.05, 0) is 37.0 Å². The number of benzene rings is 2. The molecule has 5 nitrogen and oxygen atoms in total. The van der Waals surface area contributed by atoms with E-state index in [0.717, 1.165) is 29.2 Å². The van der Waals surface area contributed by atoms with Crippen molar-refractivity contribution < 1.29 is 4.79 Å². The molecular formula is C22H24N4OS. The van der Waals surface area contributed by atoms with E-state index < -0.39 is 0 Å². The van der Waals surface area contributed by atoms with Gasteiger partial charge in [-0.2, -0.15) is 0 Å². The highest BCUT2D eigenvalue weighted by molar-refractivity contribution is 7.99. The van der Waals surface area contributed by atoms with Crippen molar-refractivity contribution in [1.29, 1.82) is 0 Å². The molecule has 1 aliphatic carbocycles. The molecule has 1 aliphatic rings. The van der Waals surface area contributed by atoms with Gasteiger partial charge in [-0.3, -0.25) is 9.36 Å². The molecule has 0 unspecified atom stereocenters. The molecule has 6 heteroatoms. The van der Waals surface area contributed by atoms with Gasteiger partial charge in [0.05, 0.1) is 11.4 Å². The van der Waals surface area contributed by atoms with Gasteiger partial charge >= 0.3 is 0 Å². The normalized spacial score (nSPS) is 15.0. The van der Waals surface area contributed by atoms with E-state index in [1.54, 1.807) is 6.33 Å². The number of aromatic nitrogens is 3. The van der Waals surface area contributed by atoms with Crippen molar-refractivity contribution in [1.82, 2.24) is 20.1 Å². The number of carbonyl (C=O) groups excluding carboxylic acids is 1. The Bertz CT molecular complexity index is 950. The molecule has 1 aromatic heterocycles. The number of para-hydroxylation sites is 1. The maximum atomic E-state index is 12.5. The molecule has 3 aromatic rings. The number of aryl methyl sites for hydroxylation is 1. The fourth-order valence-electron chi connectivity index (χ4n) is 3.73. The number of amides is 1. The lowest BCUT2D eigenvalue weighted by atomic mass is 9.64. The molecule has 1 amide bonds. The average molecular weight is 393 g/mol. The average Bonchev–Trinajstić information content (AvgIpc) is 3.15. The largest absolute Gasteiger partial charge is 0.354 e. The third-order valence-electron chi connectivity index (χ3n) is 5.54. The molecule has 28 heavy (non-hydrogen) atoms. The summed E-state index contributed by atoms with van der Waals surface area (Å²) in [6.45, 7) is 2.75. The van der Waals surface area contributed by atoms with Crippen molar-refractivity contribution in [3.63, 3.8) is 0 Å². The van der Waals surface area contributed by atoms with Crippen molar-refractivity contribution in [2.45, 2.75) is 36.8 Å². The summed E-state index contributed by atoms with van der Waals surface area (Å²) in [5.41, 5.74) is 3.60. The van der Waals surface area contributed by atoms with Crippen LogP contribution < -0.4 is 5.32 Å². The second kappa shape index (κ2) is 8.19. The van der Waals surface area contributed by atoms with Crippen LogP contribution in [0.1, 0.15) is 30.4 Å². The molecule has 0 bridgehead atoms. The fourth-order valence-corrected chi connectivity index (χ4v) is 4.49. The Morgan fingerprint density at radius 3 is 2.61 bits per heavy atom. The summed E-state index contributed by atoms with van der Waals surface area (Å²) in [6, 6.07) is 18.6. The minimum absolute atomic E-state index is 0.0338. The van der Waals surface area contributed by atoms with Crippen LogP contribution in [0.15, 0.2) is 66.1 Å². The van der Waals surface area contributed by atoms with E-state index in [2.05, 4.69) is 52.8 Å². The Balaban J connectivity index is 1.36. The van der Waals surface area contributed by atoms with E-state index in [9.17, 15) is 4.79 Å². The minimum atomic E-state index is 0.0338. The molecule has 1 heterocycles. The van der Waals surface area contributed by atoms with Crippen molar-refractivity contribution in [3.05, 3.63) is 72.1 Å². The van der Waals surface area contributed by atoms with E-state index in [-0.39, 0.29) is 11.3 Å². The molecule has 1 saturated carbocycles. The molecule has 0 spiro atoms. The highest BCUT2D eigenvalue weighted by atomic mass is 32.2. The maximum Gasteiger partial charge on any atom is 0.230 e. The van der Waals surface area contributed by atoms with Crippen LogP contribution >= 0.6 is 11.8 Å². The third-order valence-corrected chi connectivity index (χ3v) is 6.49. The number of thioether (sulfide) groups is 1. The molecule has 0 saturated heterocycles. The first-order chi connectivity index (χ1) is 13.7. The second-order valence-electron chi connectivity index (χ2n) is 7.34. The summed E-state index contributed by atoms with van der Waals surface area (Å²) < 4.78 is 1.94. The highest BCUT2D eigenvalue weighted by Crippen LogP contribution is 2.43. The van der Waals surface area contributed by atoms with Crippen LogP contribution in [0.3, 0.4) is 0 Å². The maximum absolute atomic E-state index is 12.5.